The molecule has 0 atom stereocenters. The minimum absolute atomic E-state index is 0. The van der Waals surface area contributed by atoms with Crippen molar-refractivity contribution in [3.05, 3.63) is 0 Å². The summed E-state index contributed by atoms with van der Waals surface area (Å²) in [4.78, 5) is 0. The molecule has 0 aliphatic rings. The van der Waals surface area contributed by atoms with Gasteiger partial charge < -0.3 is 24.0 Å². The molecule has 0 aromatic carbocycles. The van der Waals surface area contributed by atoms with E-state index in [-0.39, 0.29) is 24.0 Å². The molecule has 0 amide bonds. The number of thioether (sulfide) groups is 1. The quantitative estimate of drug-likeness (QED) is 0.150. The number of hydrogen-bond donors (Lipinski definition) is 1. The van der Waals surface area contributed by atoms with Gasteiger partial charge in [0.15, 0.2) is 7.05 Å². The van der Waals surface area contributed by atoms with E-state index >= 15 is 0 Å². The second kappa shape index (κ2) is 6.67. The van der Waals surface area contributed by atoms with Crippen LogP contribution in [-0.2, 0) is 0 Å². The van der Waals surface area contributed by atoms with Crippen molar-refractivity contribution in [1.82, 2.24) is 0 Å². The molecule has 0 unspecified atom stereocenters. The van der Waals surface area contributed by atoms with Crippen LogP contribution in [0.5, 0.6) is 0 Å². The van der Waals surface area contributed by atoms with Crippen molar-refractivity contribution < 1.29 is 33.9 Å². The monoisotopic (exact) mass is 261 g/mol. The summed E-state index contributed by atoms with van der Waals surface area (Å²) in [6, 6.07) is 0. The molecule has 0 bridgehead atoms. The predicted molar refractivity (Wildman–Crippen MR) is 36.8 cm³/mol. The number of rotatable bonds is 1. The molecule has 0 aliphatic heterocycles. The van der Waals surface area contributed by atoms with E-state index < -0.39 is 0 Å². The van der Waals surface area contributed by atoms with Gasteiger partial charge in [-0.05, 0) is 11.0 Å². The van der Waals surface area contributed by atoms with Crippen LogP contribution in [0.25, 0.3) is 0 Å². The van der Waals surface area contributed by atoms with E-state index in [1.54, 1.807) is 18.8 Å². The Kier molecular flexibility index (Phi) is 9.07. The molecule has 0 aliphatic carbocycles. The SMILES string of the molecule is CC/C(SC)=[N+](\C)O.[I-]. The lowest BCUT2D eigenvalue weighted by molar-refractivity contribution is -0.753. The van der Waals surface area contributed by atoms with E-state index in [0.29, 0.717) is 0 Å². The van der Waals surface area contributed by atoms with Gasteiger partial charge in [-0.15, -0.1) is 0 Å². The maximum Gasteiger partial charge on any atom is 0.259 e. The van der Waals surface area contributed by atoms with Crippen LogP contribution in [0.15, 0.2) is 0 Å². The Hall–Kier alpha value is 0.550. The highest BCUT2D eigenvalue weighted by Crippen LogP contribution is 1.99. The summed E-state index contributed by atoms with van der Waals surface area (Å²) in [5, 5.41) is 9.78. The highest BCUT2D eigenvalue weighted by molar-refractivity contribution is 8.13. The zero-order valence-electron chi connectivity index (χ0n) is 5.89. The van der Waals surface area contributed by atoms with E-state index in [9.17, 15) is 0 Å². The summed E-state index contributed by atoms with van der Waals surface area (Å²) in [5.41, 5.74) is 0. The molecule has 0 saturated heterocycles. The lowest BCUT2D eigenvalue weighted by atomic mass is 10.5. The molecule has 0 spiro atoms. The molecule has 1 N–H and O–H groups in total. The maximum atomic E-state index is 8.79. The van der Waals surface area contributed by atoms with Crippen molar-refractivity contribution in [2.24, 2.45) is 0 Å². The fraction of sp³-hybridized carbons (Fsp3) is 0.800. The summed E-state index contributed by atoms with van der Waals surface area (Å²) in [6.07, 6.45) is 2.85. The van der Waals surface area contributed by atoms with Gasteiger partial charge in [-0.1, -0.05) is 18.7 Å². The number of halogens is 1. The van der Waals surface area contributed by atoms with Crippen molar-refractivity contribution in [1.29, 1.82) is 0 Å². The van der Waals surface area contributed by atoms with Gasteiger partial charge in [0.25, 0.3) is 5.04 Å². The van der Waals surface area contributed by atoms with E-state index in [1.165, 1.54) is 0 Å². The fourth-order valence-electron chi connectivity index (χ4n) is 0.505. The van der Waals surface area contributed by atoms with Gasteiger partial charge in [-0.3, -0.25) is 5.21 Å². The molecule has 0 rings (SSSR count). The van der Waals surface area contributed by atoms with E-state index in [4.69, 9.17) is 5.21 Å². The Morgan fingerprint density at radius 2 is 2.11 bits per heavy atom. The van der Waals surface area contributed by atoms with E-state index in [2.05, 4.69) is 0 Å². The normalized spacial score (nSPS) is 11.9. The zero-order valence-corrected chi connectivity index (χ0v) is 8.86. The van der Waals surface area contributed by atoms with Crippen LogP contribution in [0.2, 0.25) is 0 Å². The van der Waals surface area contributed by atoms with Crippen LogP contribution in [-0.4, -0.2) is 28.3 Å². The summed E-state index contributed by atoms with van der Waals surface area (Å²) in [7, 11) is 1.63. The van der Waals surface area contributed by atoms with Gasteiger partial charge in [-0.25, -0.2) is 0 Å². The average molecular weight is 261 g/mol. The molecule has 4 heteroatoms. The number of hydrogen-bond acceptors (Lipinski definition) is 2. The summed E-state index contributed by atoms with van der Waals surface area (Å²) in [6.45, 7) is 2.01. The van der Waals surface area contributed by atoms with E-state index in [0.717, 1.165) is 16.2 Å². The van der Waals surface area contributed by atoms with Crippen LogP contribution < -0.4 is 24.0 Å². The van der Waals surface area contributed by atoms with Crippen molar-refractivity contribution in [3.63, 3.8) is 0 Å². The highest BCUT2D eigenvalue weighted by Gasteiger charge is 2.03. The van der Waals surface area contributed by atoms with Gasteiger partial charge >= 0.3 is 0 Å². The molecule has 0 radical (unpaired) electrons. The second-order valence-electron chi connectivity index (χ2n) is 1.48. The van der Waals surface area contributed by atoms with Crippen LogP contribution in [0.1, 0.15) is 13.3 Å². The van der Waals surface area contributed by atoms with Gasteiger partial charge in [-0.2, -0.15) is 0 Å². The molecular formula is C5H12INOS. The third-order valence-corrected chi connectivity index (χ3v) is 1.92. The molecule has 0 heterocycles. The van der Waals surface area contributed by atoms with Gasteiger partial charge in [0, 0.05) is 6.42 Å². The van der Waals surface area contributed by atoms with Gasteiger partial charge in [0.05, 0.1) is 0 Å². The van der Waals surface area contributed by atoms with Crippen molar-refractivity contribution in [2.45, 2.75) is 13.3 Å². The van der Waals surface area contributed by atoms with Crippen LogP contribution in [0.4, 0.5) is 0 Å². The minimum atomic E-state index is 0. The molecule has 0 aromatic rings. The first-order chi connectivity index (χ1) is 3.72. The lowest BCUT2D eigenvalue weighted by Gasteiger charge is -1.89. The van der Waals surface area contributed by atoms with Crippen molar-refractivity contribution >= 4 is 16.8 Å². The zero-order chi connectivity index (χ0) is 6.57. The topological polar surface area (TPSA) is 23.2 Å². The Balaban J connectivity index is 0. The molecule has 0 saturated carbocycles. The summed E-state index contributed by atoms with van der Waals surface area (Å²) < 4.78 is 1.16. The maximum absolute atomic E-state index is 8.79. The standard InChI is InChI=1S/C5H12NOS.HI/c1-4-5(8-3)6(2)7;/h7H,4H2,1-3H3;1H/q+1;/p-1/b6-5-;. The molecular weight excluding hydrogens is 249 g/mol. The largest absolute Gasteiger partial charge is 1.00 e. The van der Waals surface area contributed by atoms with Crippen molar-refractivity contribution in [3.8, 4) is 0 Å². The van der Waals surface area contributed by atoms with Crippen LogP contribution >= 0.6 is 11.8 Å². The predicted octanol–water partition coefficient (Wildman–Crippen LogP) is -1.81. The third kappa shape index (κ3) is 5.02. The van der Waals surface area contributed by atoms with Crippen molar-refractivity contribution in [2.75, 3.05) is 13.3 Å². The van der Waals surface area contributed by atoms with Gasteiger partial charge in [0.2, 0.25) is 0 Å². The highest BCUT2D eigenvalue weighted by atomic mass is 127. The Bertz CT molecular complexity index is 95.1. The van der Waals surface area contributed by atoms with Crippen LogP contribution in [0.3, 0.4) is 0 Å². The lowest BCUT2D eigenvalue weighted by Crippen LogP contribution is -3.00. The smallest absolute Gasteiger partial charge is 0.259 e. The fourth-order valence-corrected chi connectivity index (χ4v) is 1.06. The summed E-state index contributed by atoms with van der Waals surface area (Å²) >= 11 is 1.57. The molecule has 0 fully saturated rings. The second-order valence-corrected chi connectivity index (χ2v) is 2.35. The Morgan fingerprint density at radius 1 is 1.67 bits per heavy atom. The molecule has 9 heavy (non-hydrogen) atoms. The average Bonchev–Trinajstić information content (AvgIpc) is 1.69. The first-order valence-corrected chi connectivity index (χ1v) is 3.77. The molecule has 0 aromatic heterocycles. The Labute approximate surface area is 77.3 Å². The van der Waals surface area contributed by atoms with Crippen LogP contribution in [0, 0.1) is 0 Å². The van der Waals surface area contributed by atoms with E-state index in [1.807, 2.05) is 13.2 Å². The first kappa shape index (κ1) is 12.2. The van der Waals surface area contributed by atoms with Gasteiger partial charge in [0.1, 0.15) is 0 Å². The number of hydroxylamine groups is 1. The molecule has 2 nitrogen and oxygen atoms in total. The number of nitrogens with zero attached hydrogens (tertiary/aromatic N) is 1. The summed E-state index contributed by atoms with van der Waals surface area (Å²) in [5.74, 6) is 0. The minimum Gasteiger partial charge on any atom is -1.00 e. The third-order valence-electron chi connectivity index (χ3n) is 0.899. The molecule has 56 valence electrons. The Morgan fingerprint density at radius 3 is 2.11 bits per heavy atom. The first-order valence-electron chi connectivity index (χ1n) is 2.54.